The molecule has 1 atom stereocenters. The van der Waals surface area contributed by atoms with E-state index >= 15 is 0 Å². The van der Waals surface area contributed by atoms with Gasteiger partial charge in [-0.05, 0) is 38.3 Å². The number of para-hydroxylation sites is 1. The summed E-state index contributed by atoms with van der Waals surface area (Å²) in [4.78, 5) is 14.9. The first-order valence-corrected chi connectivity index (χ1v) is 8.54. The topological polar surface area (TPSA) is 50.2 Å². The maximum atomic E-state index is 14.2. The first-order chi connectivity index (χ1) is 11.7. The van der Waals surface area contributed by atoms with Crippen LogP contribution in [0.5, 0.6) is 0 Å². The van der Waals surface area contributed by atoms with Crippen molar-refractivity contribution in [3.8, 4) is 5.69 Å². The number of halogens is 2. The van der Waals surface area contributed by atoms with Gasteiger partial charge >= 0.3 is 0 Å². The molecule has 0 unspecified atom stereocenters. The third-order valence-corrected chi connectivity index (χ3v) is 4.98. The van der Waals surface area contributed by atoms with Crippen LogP contribution in [0.15, 0.2) is 24.3 Å². The van der Waals surface area contributed by atoms with Gasteiger partial charge in [0.1, 0.15) is 11.5 Å². The number of rotatable bonds is 2. The zero-order valence-electron chi connectivity index (χ0n) is 14.2. The van der Waals surface area contributed by atoms with Gasteiger partial charge in [0.25, 0.3) is 5.91 Å². The van der Waals surface area contributed by atoms with Gasteiger partial charge in [0, 0.05) is 36.9 Å². The Bertz CT molecular complexity index is 791. The second-order valence-electron chi connectivity index (χ2n) is 6.54. The lowest BCUT2D eigenvalue weighted by atomic mass is 10.1. The lowest BCUT2D eigenvalue weighted by molar-refractivity contribution is 0.0648. The number of amides is 1. The summed E-state index contributed by atoms with van der Waals surface area (Å²) in [6, 6.07) is 6.74. The van der Waals surface area contributed by atoms with Gasteiger partial charge in [0.05, 0.1) is 0 Å². The van der Waals surface area contributed by atoms with Crippen molar-refractivity contribution >= 4 is 18.3 Å². The summed E-state index contributed by atoms with van der Waals surface area (Å²) in [7, 11) is 0. The van der Waals surface area contributed by atoms with Crippen molar-refractivity contribution in [3.05, 3.63) is 47.0 Å². The number of nitrogens with one attached hydrogen (secondary N) is 1. The molecule has 1 aliphatic heterocycles. The van der Waals surface area contributed by atoms with Crippen LogP contribution >= 0.6 is 12.4 Å². The number of hydrogen-bond donors (Lipinski definition) is 1. The molecular formula is C18H22ClFN4O. The number of carbonyl (C=O) groups is 1. The first-order valence-electron chi connectivity index (χ1n) is 8.54. The summed E-state index contributed by atoms with van der Waals surface area (Å²) in [6.07, 6.45) is 2.66. The van der Waals surface area contributed by atoms with Crippen molar-refractivity contribution in [2.45, 2.75) is 32.2 Å². The Labute approximate surface area is 152 Å². The van der Waals surface area contributed by atoms with E-state index in [2.05, 4.69) is 10.4 Å². The molecule has 1 aromatic heterocycles. The molecule has 0 spiro atoms. The number of aromatic nitrogens is 2. The first kappa shape index (κ1) is 17.9. The Kier molecular flexibility index (Phi) is 5.11. The molecule has 1 amide bonds. The fourth-order valence-electron chi connectivity index (χ4n) is 3.71. The van der Waals surface area contributed by atoms with Gasteiger partial charge in [-0.2, -0.15) is 5.10 Å². The zero-order chi connectivity index (χ0) is 16.7. The van der Waals surface area contributed by atoms with Crippen LogP contribution in [0.2, 0.25) is 0 Å². The monoisotopic (exact) mass is 364 g/mol. The minimum Gasteiger partial charge on any atom is -0.332 e. The lowest BCUT2D eigenvalue weighted by Crippen LogP contribution is -2.52. The van der Waals surface area contributed by atoms with Crippen molar-refractivity contribution in [1.29, 1.82) is 0 Å². The molecule has 25 heavy (non-hydrogen) atoms. The Hall–Kier alpha value is -1.92. The third kappa shape index (κ3) is 3.04. The summed E-state index contributed by atoms with van der Waals surface area (Å²) in [5.41, 5.74) is 2.89. The van der Waals surface area contributed by atoms with E-state index in [1.807, 2.05) is 11.8 Å². The molecule has 2 aliphatic rings. The van der Waals surface area contributed by atoms with E-state index < -0.39 is 0 Å². The number of carbonyl (C=O) groups excluding carboxylic acids is 1. The standard InChI is InChI=1S/C18H21FN4O.ClH/c1-12-11-20-9-10-22(12)18(24)17-13-5-4-8-15(13)23(21-17)16-7-3-2-6-14(16)19;/h2-3,6-7,12,20H,4-5,8-11H2,1H3;1H/t12-;/m1./s1. The molecule has 0 radical (unpaired) electrons. The number of fused-ring (bicyclic) bond motifs is 1. The van der Waals surface area contributed by atoms with Gasteiger partial charge in [-0.15, -0.1) is 12.4 Å². The minimum atomic E-state index is -0.316. The van der Waals surface area contributed by atoms with Crippen molar-refractivity contribution in [3.63, 3.8) is 0 Å². The zero-order valence-corrected chi connectivity index (χ0v) is 15.0. The highest BCUT2D eigenvalue weighted by atomic mass is 35.5. The fraction of sp³-hybridized carbons (Fsp3) is 0.444. The highest BCUT2D eigenvalue weighted by Gasteiger charge is 2.32. The summed E-state index contributed by atoms with van der Waals surface area (Å²) >= 11 is 0. The van der Waals surface area contributed by atoms with E-state index in [9.17, 15) is 9.18 Å². The number of hydrogen-bond acceptors (Lipinski definition) is 3. The number of piperazine rings is 1. The van der Waals surface area contributed by atoms with Crippen molar-refractivity contribution < 1.29 is 9.18 Å². The molecule has 134 valence electrons. The smallest absolute Gasteiger partial charge is 0.274 e. The molecule has 2 aromatic rings. The summed E-state index contributed by atoms with van der Waals surface area (Å²) < 4.78 is 15.8. The second-order valence-corrected chi connectivity index (χ2v) is 6.54. The van der Waals surface area contributed by atoms with Crippen molar-refractivity contribution in [1.82, 2.24) is 20.0 Å². The van der Waals surface area contributed by atoms with Crippen LogP contribution in [0.4, 0.5) is 4.39 Å². The van der Waals surface area contributed by atoms with Gasteiger partial charge in [-0.1, -0.05) is 12.1 Å². The predicted molar refractivity (Wildman–Crippen MR) is 96.2 cm³/mol. The molecular weight excluding hydrogens is 343 g/mol. The Balaban J connectivity index is 0.00000182. The normalized spacial score (nSPS) is 19.4. The maximum Gasteiger partial charge on any atom is 0.274 e. The van der Waals surface area contributed by atoms with E-state index in [1.54, 1.807) is 22.9 Å². The number of nitrogens with zero attached hydrogens (tertiary/aromatic N) is 3. The van der Waals surface area contributed by atoms with Crippen LogP contribution in [-0.4, -0.2) is 46.3 Å². The molecule has 4 rings (SSSR count). The second kappa shape index (κ2) is 7.14. The molecule has 0 bridgehead atoms. The average Bonchev–Trinajstić information content (AvgIpc) is 3.18. The summed E-state index contributed by atoms with van der Waals surface area (Å²) in [5.74, 6) is -0.346. The van der Waals surface area contributed by atoms with Crippen LogP contribution in [0.3, 0.4) is 0 Å². The van der Waals surface area contributed by atoms with Gasteiger partial charge in [0.15, 0.2) is 5.69 Å². The highest BCUT2D eigenvalue weighted by Crippen LogP contribution is 2.29. The molecule has 7 heteroatoms. The summed E-state index contributed by atoms with van der Waals surface area (Å²) in [6.45, 7) is 4.31. The van der Waals surface area contributed by atoms with E-state index in [-0.39, 0.29) is 30.2 Å². The molecule has 1 saturated heterocycles. The maximum absolute atomic E-state index is 14.2. The Morgan fingerprint density at radius 1 is 1.32 bits per heavy atom. The van der Waals surface area contributed by atoms with Gasteiger partial charge in [0.2, 0.25) is 0 Å². The molecule has 0 saturated carbocycles. The average molecular weight is 365 g/mol. The van der Waals surface area contributed by atoms with Crippen LogP contribution in [0.1, 0.15) is 35.1 Å². The van der Waals surface area contributed by atoms with Crippen molar-refractivity contribution in [2.24, 2.45) is 0 Å². The fourth-order valence-corrected chi connectivity index (χ4v) is 3.71. The van der Waals surface area contributed by atoms with E-state index in [4.69, 9.17) is 0 Å². The molecule has 1 aliphatic carbocycles. The molecule has 1 N–H and O–H groups in total. The van der Waals surface area contributed by atoms with E-state index in [1.165, 1.54) is 6.07 Å². The summed E-state index contributed by atoms with van der Waals surface area (Å²) in [5, 5.41) is 7.83. The molecule has 5 nitrogen and oxygen atoms in total. The molecule has 2 heterocycles. The quantitative estimate of drug-likeness (QED) is 0.890. The van der Waals surface area contributed by atoms with Gasteiger partial charge in [-0.3, -0.25) is 4.79 Å². The lowest BCUT2D eigenvalue weighted by Gasteiger charge is -2.33. The van der Waals surface area contributed by atoms with Crippen LogP contribution < -0.4 is 5.32 Å². The Morgan fingerprint density at radius 3 is 2.88 bits per heavy atom. The molecule has 1 aromatic carbocycles. The highest BCUT2D eigenvalue weighted by molar-refractivity contribution is 5.94. The van der Waals surface area contributed by atoms with Crippen LogP contribution in [-0.2, 0) is 12.8 Å². The van der Waals surface area contributed by atoms with Crippen LogP contribution in [0.25, 0.3) is 5.69 Å². The Morgan fingerprint density at radius 2 is 2.12 bits per heavy atom. The van der Waals surface area contributed by atoms with E-state index in [0.29, 0.717) is 17.9 Å². The largest absolute Gasteiger partial charge is 0.332 e. The van der Waals surface area contributed by atoms with E-state index in [0.717, 1.165) is 43.6 Å². The molecule has 1 fully saturated rings. The van der Waals surface area contributed by atoms with Crippen molar-refractivity contribution in [2.75, 3.05) is 19.6 Å². The van der Waals surface area contributed by atoms with Gasteiger partial charge < -0.3 is 10.2 Å². The SMILES string of the molecule is C[C@@H]1CNCCN1C(=O)c1nn(-c2ccccc2F)c2c1CCC2.Cl. The predicted octanol–water partition coefficient (Wildman–Crippen LogP) is 2.36. The minimum absolute atomic E-state index is 0. The third-order valence-electron chi connectivity index (χ3n) is 4.98. The number of benzene rings is 1. The van der Waals surface area contributed by atoms with Gasteiger partial charge in [-0.25, -0.2) is 9.07 Å². The van der Waals surface area contributed by atoms with Crippen LogP contribution in [0, 0.1) is 5.82 Å².